The molecular weight excluding hydrogens is 252 g/mol. The van der Waals surface area contributed by atoms with Crippen LogP contribution < -0.4 is 10.9 Å². The van der Waals surface area contributed by atoms with Crippen molar-refractivity contribution in [2.24, 2.45) is 0 Å². The largest absolute Gasteiger partial charge is 0.365 e. The van der Waals surface area contributed by atoms with E-state index in [-0.39, 0.29) is 5.56 Å². The number of anilines is 1. The number of benzene rings is 1. The number of nitrogens with zero attached hydrogens (tertiary/aromatic N) is 2. The van der Waals surface area contributed by atoms with Crippen molar-refractivity contribution in [1.29, 1.82) is 0 Å². The fourth-order valence-corrected chi connectivity index (χ4v) is 2.01. The van der Waals surface area contributed by atoms with Crippen LogP contribution in [0.2, 0.25) is 0 Å². The summed E-state index contributed by atoms with van der Waals surface area (Å²) < 4.78 is 0. The molecule has 0 aliphatic rings. The quantitative estimate of drug-likeness (QED) is 0.753. The minimum absolute atomic E-state index is 0.176. The van der Waals surface area contributed by atoms with E-state index in [9.17, 15) is 4.79 Å². The predicted octanol–water partition coefficient (Wildman–Crippen LogP) is 1.70. The minimum Gasteiger partial charge on any atom is -0.365 e. The second-order valence-corrected chi connectivity index (χ2v) is 4.77. The Morgan fingerprint density at radius 3 is 2.85 bits per heavy atom. The number of aromatic amines is 1. The summed E-state index contributed by atoms with van der Waals surface area (Å²) in [7, 11) is 2.10. The van der Waals surface area contributed by atoms with E-state index in [1.165, 1.54) is 11.8 Å². The Balaban J connectivity index is 1.68. The van der Waals surface area contributed by atoms with Crippen molar-refractivity contribution in [3.05, 3.63) is 58.6 Å². The molecule has 0 fully saturated rings. The number of aromatic nitrogens is 2. The van der Waals surface area contributed by atoms with E-state index in [0.29, 0.717) is 5.82 Å². The molecule has 0 saturated heterocycles. The Hall–Kier alpha value is -2.14. The zero-order valence-electron chi connectivity index (χ0n) is 11.7. The zero-order valence-corrected chi connectivity index (χ0v) is 11.7. The molecule has 0 bridgehead atoms. The first-order valence-electron chi connectivity index (χ1n) is 6.76. The van der Waals surface area contributed by atoms with Crippen LogP contribution in [0.15, 0.2) is 47.5 Å². The lowest BCUT2D eigenvalue weighted by Gasteiger charge is -2.16. The highest BCUT2D eigenvalue weighted by atomic mass is 16.1. The van der Waals surface area contributed by atoms with Crippen LogP contribution in [-0.2, 0) is 6.54 Å². The molecule has 2 N–H and O–H groups in total. The number of nitrogens with one attached hydrogen (secondary N) is 2. The molecule has 0 spiro atoms. The first-order chi connectivity index (χ1) is 9.75. The third-order valence-electron chi connectivity index (χ3n) is 3.01. The number of hydrogen-bond donors (Lipinski definition) is 2. The van der Waals surface area contributed by atoms with E-state index in [1.807, 2.05) is 6.07 Å². The molecule has 0 unspecified atom stereocenters. The summed E-state index contributed by atoms with van der Waals surface area (Å²) in [4.78, 5) is 20.2. The third kappa shape index (κ3) is 4.51. The van der Waals surface area contributed by atoms with Crippen molar-refractivity contribution < 1.29 is 0 Å². The van der Waals surface area contributed by atoms with Gasteiger partial charge in [0, 0.05) is 25.5 Å². The molecule has 5 nitrogen and oxygen atoms in total. The molecule has 106 valence electrons. The number of hydrogen-bond acceptors (Lipinski definition) is 4. The van der Waals surface area contributed by atoms with Crippen molar-refractivity contribution in [3.8, 4) is 0 Å². The molecule has 1 heterocycles. The van der Waals surface area contributed by atoms with Gasteiger partial charge in [-0.15, -0.1) is 0 Å². The molecule has 0 radical (unpaired) electrons. The Morgan fingerprint density at radius 2 is 2.10 bits per heavy atom. The van der Waals surface area contributed by atoms with Crippen LogP contribution in [0, 0.1) is 0 Å². The Kier molecular flexibility index (Phi) is 5.32. The maximum absolute atomic E-state index is 11.4. The molecular formula is C15H20N4O. The highest BCUT2D eigenvalue weighted by Gasteiger charge is 2.01. The van der Waals surface area contributed by atoms with Gasteiger partial charge in [0.15, 0.2) is 5.82 Å². The first-order valence-corrected chi connectivity index (χ1v) is 6.76. The van der Waals surface area contributed by atoms with Gasteiger partial charge in [-0.3, -0.25) is 4.79 Å². The predicted molar refractivity (Wildman–Crippen MR) is 80.7 cm³/mol. The van der Waals surface area contributed by atoms with Gasteiger partial charge in [0.2, 0.25) is 0 Å². The molecule has 2 aromatic rings. The molecule has 0 aliphatic carbocycles. The maximum Gasteiger partial charge on any atom is 0.290 e. The molecule has 5 heteroatoms. The van der Waals surface area contributed by atoms with E-state index >= 15 is 0 Å². The lowest BCUT2D eigenvalue weighted by atomic mass is 10.2. The van der Waals surface area contributed by atoms with E-state index in [1.54, 1.807) is 6.20 Å². The molecule has 2 rings (SSSR count). The van der Waals surface area contributed by atoms with Crippen LogP contribution in [0.3, 0.4) is 0 Å². The van der Waals surface area contributed by atoms with E-state index in [4.69, 9.17) is 0 Å². The summed E-state index contributed by atoms with van der Waals surface area (Å²) in [6.07, 6.45) is 4.06. The fraction of sp³-hybridized carbons (Fsp3) is 0.333. The Labute approximate surface area is 118 Å². The van der Waals surface area contributed by atoms with Gasteiger partial charge in [-0.2, -0.15) is 0 Å². The summed E-state index contributed by atoms with van der Waals surface area (Å²) >= 11 is 0. The van der Waals surface area contributed by atoms with Crippen LogP contribution >= 0.6 is 0 Å². The molecule has 0 aliphatic heterocycles. The normalized spacial score (nSPS) is 10.7. The highest BCUT2D eigenvalue weighted by molar-refractivity contribution is 5.29. The fourth-order valence-electron chi connectivity index (χ4n) is 2.01. The van der Waals surface area contributed by atoms with Crippen molar-refractivity contribution in [2.45, 2.75) is 13.0 Å². The summed E-state index contributed by atoms with van der Waals surface area (Å²) in [6, 6.07) is 10.4. The first kappa shape index (κ1) is 14.3. The van der Waals surface area contributed by atoms with Gasteiger partial charge in [-0.25, -0.2) is 4.98 Å². The average Bonchev–Trinajstić information content (AvgIpc) is 2.46. The second-order valence-electron chi connectivity index (χ2n) is 4.77. The number of rotatable bonds is 7. The lowest BCUT2D eigenvalue weighted by Crippen LogP contribution is -2.22. The summed E-state index contributed by atoms with van der Waals surface area (Å²) in [6.45, 7) is 2.64. The van der Waals surface area contributed by atoms with E-state index in [0.717, 1.165) is 26.1 Å². The van der Waals surface area contributed by atoms with Gasteiger partial charge in [0.25, 0.3) is 5.56 Å². The molecule has 1 aromatic heterocycles. The van der Waals surface area contributed by atoms with Crippen molar-refractivity contribution in [1.82, 2.24) is 14.9 Å². The third-order valence-corrected chi connectivity index (χ3v) is 3.01. The standard InChI is InChI=1S/C15H20N4O/c1-19(12-13-6-3-2-4-7-13)11-5-8-16-14-15(20)18-10-9-17-14/h2-4,6-7,9-10H,5,8,11-12H2,1H3,(H,16,17)(H,18,20). The Bertz CT molecular complexity index is 567. The zero-order chi connectivity index (χ0) is 14.2. The van der Waals surface area contributed by atoms with Crippen molar-refractivity contribution in [2.75, 3.05) is 25.5 Å². The van der Waals surface area contributed by atoms with Crippen LogP contribution in [0.1, 0.15) is 12.0 Å². The van der Waals surface area contributed by atoms with E-state index in [2.05, 4.69) is 51.5 Å². The number of H-pyrrole nitrogens is 1. The maximum atomic E-state index is 11.4. The van der Waals surface area contributed by atoms with Gasteiger partial charge in [0.05, 0.1) is 0 Å². The van der Waals surface area contributed by atoms with Crippen molar-refractivity contribution in [3.63, 3.8) is 0 Å². The SMILES string of the molecule is CN(CCCNc1ncc[nH]c1=O)Cc1ccccc1. The molecule has 0 saturated carbocycles. The highest BCUT2D eigenvalue weighted by Crippen LogP contribution is 2.03. The summed E-state index contributed by atoms with van der Waals surface area (Å²) in [5, 5.41) is 3.05. The minimum atomic E-state index is -0.176. The molecule has 20 heavy (non-hydrogen) atoms. The van der Waals surface area contributed by atoms with Gasteiger partial charge < -0.3 is 15.2 Å². The molecule has 0 amide bonds. The van der Waals surface area contributed by atoms with Gasteiger partial charge in [-0.05, 0) is 25.6 Å². The second kappa shape index (κ2) is 7.45. The average molecular weight is 272 g/mol. The van der Waals surface area contributed by atoms with Crippen LogP contribution in [0.5, 0.6) is 0 Å². The van der Waals surface area contributed by atoms with Crippen molar-refractivity contribution >= 4 is 5.82 Å². The van der Waals surface area contributed by atoms with Crippen LogP contribution in [0.4, 0.5) is 5.82 Å². The van der Waals surface area contributed by atoms with Crippen LogP contribution in [0.25, 0.3) is 0 Å². The lowest BCUT2D eigenvalue weighted by molar-refractivity contribution is 0.325. The monoisotopic (exact) mass is 272 g/mol. The summed E-state index contributed by atoms with van der Waals surface area (Å²) in [5.41, 5.74) is 1.13. The molecule has 1 aromatic carbocycles. The van der Waals surface area contributed by atoms with Crippen LogP contribution in [-0.4, -0.2) is 35.0 Å². The van der Waals surface area contributed by atoms with Gasteiger partial charge in [0.1, 0.15) is 0 Å². The van der Waals surface area contributed by atoms with E-state index < -0.39 is 0 Å². The topological polar surface area (TPSA) is 61.0 Å². The van der Waals surface area contributed by atoms with Gasteiger partial charge >= 0.3 is 0 Å². The smallest absolute Gasteiger partial charge is 0.290 e. The summed E-state index contributed by atoms with van der Waals surface area (Å²) in [5.74, 6) is 0.387. The van der Waals surface area contributed by atoms with Gasteiger partial charge in [-0.1, -0.05) is 30.3 Å². The molecule has 0 atom stereocenters. The Morgan fingerprint density at radius 1 is 1.30 bits per heavy atom.